The van der Waals surface area contributed by atoms with E-state index in [4.69, 9.17) is 0 Å². The molecule has 0 unspecified atom stereocenters. The summed E-state index contributed by atoms with van der Waals surface area (Å²) >= 11 is 3.56. The maximum atomic E-state index is 15.4. The van der Waals surface area contributed by atoms with E-state index in [-0.39, 0.29) is 0 Å². The highest BCUT2D eigenvalue weighted by atomic mass is 32.1. The van der Waals surface area contributed by atoms with Crippen molar-refractivity contribution in [2.75, 3.05) is 0 Å². The summed E-state index contributed by atoms with van der Waals surface area (Å²) in [7, 11) is -6.27. The molecule has 2 heterocycles. The maximum absolute atomic E-state index is 15.4. The van der Waals surface area contributed by atoms with Gasteiger partial charge in [0.15, 0.2) is 14.3 Å². The van der Waals surface area contributed by atoms with E-state index >= 15 is 9.13 Å². The normalized spacial score (nSPS) is 11.9. The Hall–Kier alpha value is -8.46. The van der Waals surface area contributed by atoms with Gasteiger partial charge in [-0.1, -0.05) is 206 Å². The van der Waals surface area contributed by atoms with E-state index in [1.165, 1.54) is 29.6 Å². The molecule has 78 heavy (non-hydrogen) atoms. The molecule has 0 saturated heterocycles. The molecule has 0 fully saturated rings. The number of rotatable bonds is 11. The zero-order chi connectivity index (χ0) is 52.2. The largest absolute Gasteiger partial charge is 0.309 e. The van der Waals surface area contributed by atoms with Crippen LogP contribution in [0.5, 0.6) is 0 Å². The van der Waals surface area contributed by atoms with Crippen molar-refractivity contribution in [3.8, 4) is 55.6 Å². The first-order chi connectivity index (χ1) is 38.4. The number of thiophene rings is 2. The molecule has 14 rings (SSSR count). The van der Waals surface area contributed by atoms with Crippen LogP contribution in [0.15, 0.2) is 291 Å². The quantitative estimate of drug-likeness (QED) is 0.121. The fourth-order valence-electron chi connectivity index (χ4n) is 11.2. The third kappa shape index (κ3) is 8.50. The Balaban J connectivity index is 0.759. The Kier molecular flexibility index (Phi) is 12.2. The van der Waals surface area contributed by atoms with Gasteiger partial charge in [-0.05, 0) is 141 Å². The van der Waals surface area contributed by atoms with E-state index in [1.807, 2.05) is 121 Å². The maximum Gasteiger partial charge on any atom is 0.171 e. The second-order valence-corrected chi connectivity index (χ2v) is 27.6. The first-order valence-electron chi connectivity index (χ1n) is 26.2. The molecule has 0 amide bonds. The van der Waals surface area contributed by atoms with Crippen LogP contribution in [-0.4, -0.2) is 0 Å². The number of hydrogen-bond donors (Lipinski definition) is 0. The van der Waals surface area contributed by atoms with E-state index in [0.29, 0.717) is 0 Å². The lowest BCUT2D eigenvalue weighted by Gasteiger charge is -2.20. The Bertz CT molecular complexity index is 4290. The van der Waals surface area contributed by atoms with Gasteiger partial charge in [-0.3, -0.25) is 0 Å². The first kappa shape index (κ1) is 48.0. The standard InChI is InChI=1S/C72H48O2P2S2/c73-75(59-25-5-1-6-26-59,60-27-7-2-8-28-60)63-35-39-71-67(47-63)65-45-57(33-37-69(65)77-71)55-23-15-21-53(43-55)51-19-13-17-49(41-51)50-18-14-20-52(42-50)54-22-16-24-56(44-54)58-34-38-70-66(46-58)68-48-64(36-40-72(68)78-70)76(74,61-29-9-3-10-30-61)62-31-11-4-12-32-62/h1-48H. The molecule has 370 valence electrons. The zero-order valence-electron chi connectivity index (χ0n) is 42.2. The Morgan fingerprint density at radius 3 is 0.692 bits per heavy atom. The fraction of sp³-hybridized carbons (Fsp3) is 0. The van der Waals surface area contributed by atoms with Crippen LogP contribution >= 0.6 is 37.0 Å². The van der Waals surface area contributed by atoms with Crippen LogP contribution in [0.2, 0.25) is 0 Å². The smallest absolute Gasteiger partial charge is 0.171 e. The van der Waals surface area contributed by atoms with Crippen LogP contribution in [0, 0.1) is 0 Å². The van der Waals surface area contributed by atoms with Gasteiger partial charge < -0.3 is 9.13 Å². The highest BCUT2D eigenvalue weighted by Crippen LogP contribution is 2.47. The van der Waals surface area contributed by atoms with Gasteiger partial charge in [-0.15, -0.1) is 22.7 Å². The molecule has 0 spiro atoms. The van der Waals surface area contributed by atoms with Crippen LogP contribution in [-0.2, 0) is 9.13 Å². The summed E-state index contributed by atoms with van der Waals surface area (Å²) in [6, 6.07) is 101. The minimum atomic E-state index is -3.14. The lowest BCUT2D eigenvalue weighted by atomic mass is 9.94. The number of hydrogen-bond acceptors (Lipinski definition) is 4. The van der Waals surface area contributed by atoms with Crippen LogP contribution in [0.3, 0.4) is 0 Å². The topological polar surface area (TPSA) is 34.1 Å². The molecule has 0 radical (unpaired) electrons. The molecule has 12 aromatic carbocycles. The highest BCUT2D eigenvalue weighted by molar-refractivity contribution is 7.85. The third-order valence-electron chi connectivity index (χ3n) is 15.2. The predicted molar refractivity (Wildman–Crippen MR) is 338 cm³/mol. The summed E-state index contributed by atoms with van der Waals surface area (Å²) in [5.74, 6) is 0. The molecule has 0 aliphatic rings. The van der Waals surface area contributed by atoms with Crippen molar-refractivity contribution in [2.24, 2.45) is 0 Å². The van der Waals surface area contributed by atoms with Crippen LogP contribution < -0.4 is 31.8 Å². The van der Waals surface area contributed by atoms with Crippen molar-refractivity contribution in [3.05, 3.63) is 291 Å². The van der Waals surface area contributed by atoms with Gasteiger partial charge in [-0.25, -0.2) is 0 Å². The Morgan fingerprint density at radius 1 is 0.192 bits per heavy atom. The minimum Gasteiger partial charge on any atom is -0.309 e. The molecule has 0 saturated carbocycles. The summed E-state index contributed by atoms with van der Waals surface area (Å²) in [5.41, 5.74) is 11.5. The SMILES string of the molecule is O=P(c1ccccc1)(c1ccccc1)c1ccc2sc3ccc(-c4cccc(-c5cccc(-c6cccc(-c7cccc(-c8ccc9sc%10ccc(P(=O)(c%11ccccc%11)c%11ccccc%11)cc%10c9c8)c7)c6)c5)c4)cc3c2c1. The molecule has 0 aliphatic heterocycles. The number of fused-ring (bicyclic) bond motifs is 6. The second kappa shape index (κ2) is 19.8. The molecule has 0 bridgehead atoms. The Morgan fingerprint density at radius 2 is 0.423 bits per heavy atom. The lowest BCUT2D eigenvalue weighted by Crippen LogP contribution is -2.24. The molecule has 0 atom stereocenters. The average Bonchev–Trinajstić information content (AvgIpc) is 4.10. The molecule has 0 N–H and O–H groups in total. The zero-order valence-corrected chi connectivity index (χ0v) is 45.7. The van der Waals surface area contributed by atoms with E-state index in [9.17, 15) is 0 Å². The van der Waals surface area contributed by atoms with Gasteiger partial charge >= 0.3 is 0 Å². The summed E-state index contributed by atoms with van der Waals surface area (Å²) in [6.45, 7) is 0. The third-order valence-corrected chi connectivity index (χ3v) is 23.6. The second-order valence-electron chi connectivity index (χ2n) is 19.9. The van der Waals surface area contributed by atoms with Crippen LogP contribution in [0.1, 0.15) is 0 Å². The first-order valence-corrected chi connectivity index (χ1v) is 31.2. The van der Waals surface area contributed by atoms with Crippen LogP contribution in [0.25, 0.3) is 96.0 Å². The van der Waals surface area contributed by atoms with Crippen molar-refractivity contribution in [1.29, 1.82) is 0 Å². The molecule has 14 aromatic rings. The van der Waals surface area contributed by atoms with E-state index in [0.717, 1.165) is 98.2 Å². The highest BCUT2D eigenvalue weighted by Gasteiger charge is 2.31. The van der Waals surface area contributed by atoms with Crippen molar-refractivity contribution < 1.29 is 9.13 Å². The lowest BCUT2D eigenvalue weighted by molar-refractivity contribution is 0.591. The van der Waals surface area contributed by atoms with E-state index < -0.39 is 14.3 Å². The van der Waals surface area contributed by atoms with Crippen molar-refractivity contribution in [2.45, 2.75) is 0 Å². The minimum absolute atomic E-state index is 0.835. The molecular formula is C72H48O2P2S2. The molecule has 0 aliphatic carbocycles. The van der Waals surface area contributed by atoms with Crippen molar-refractivity contribution in [1.82, 2.24) is 0 Å². The van der Waals surface area contributed by atoms with Gasteiger partial charge in [0.2, 0.25) is 0 Å². The fourth-order valence-corrected chi connectivity index (χ4v) is 18.7. The Labute approximate surface area is 462 Å². The predicted octanol–water partition coefficient (Wildman–Crippen LogP) is 18.0. The van der Waals surface area contributed by atoms with Gasteiger partial charge in [0, 0.05) is 72.2 Å². The van der Waals surface area contributed by atoms with Gasteiger partial charge in [-0.2, -0.15) is 0 Å². The van der Waals surface area contributed by atoms with Gasteiger partial charge in [0.25, 0.3) is 0 Å². The monoisotopic (exact) mass is 1070 g/mol. The van der Waals surface area contributed by atoms with Crippen molar-refractivity contribution in [3.63, 3.8) is 0 Å². The van der Waals surface area contributed by atoms with Crippen LogP contribution in [0.4, 0.5) is 0 Å². The van der Waals surface area contributed by atoms with Gasteiger partial charge in [0.05, 0.1) is 0 Å². The summed E-state index contributed by atoms with van der Waals surface area (Å²) in [5, 5.41) is 9.61. The average molecular weight is 1070 g/mol. The molecule has 2 nitrogen and oxygen atoms in total. The van der Waals surface area contributed by atoms with E-state index in [1.54, 1.807) is 22.7 Å². The number of benzene rings is 12. The summed E-state index contributed by atoms with van der Waals surface area (Å²) in [4.78, 5) is 0. The summed E-state index contributed by atoms with van der Waals surface area (Å²) < 4.78 is 35.5. The van der Waals surface area contributed by atoms with E-state index in [2.05, 4.69) is 170 Å². The van der Waals surface area contributed by atoms with Crippen molar-refractivity contribution >= 4 is 109 Å². The van der Waals surface area contributed by atoms with Gasteiger partial charge in [0.1, 0.15) is 0 Å². The molecule has 6 heteroatoms. The molecule has 2 aromatic heterocycles. The summed E-state index contributed by atoms with van der Waals surface area (Å²) in [6.07, 6.45) is 0. The molecular weight excluding hydrogens is 1020 g/mol.